The van der Waals surface area contributed by atoms with Gasteiger partial charge in [-0.3, -0.25) is 4.90 Å². The molecule has 0 spiro atoms. The number of ether oxygens (including phenoxy) is 1. The van der Waals surface area contributed by atoms with Crippen LogP contribution in [0.1, 0.15) is 26.7 Å². The number of morpholine rings is 1. The fourth-order valence-electron chi connectivity index (χ4n) is 2.19. The highest BCUT2D eigenvalue weighted by Crippen LogP contribution is 2.09. The number of hydrogen-bond acceptors (Lipinski definition) is 3. The van der Waals surface area contributed by atoms with Gasteiger partial charge in [-0.05, 0) is 32.0 Å². The lowest BCUT2D eigenvalue weighted by atomic mass is 10.1. The van der Waals surface area contributed by atoms with E-state index in [1.807, 2.05) is 0 Å². The van der Waals surface area contributed by atoms with E-state index in [0.717, 1.165) is 47.0 Å². The lowest BCUT2D eigenvalue weighted by Gasteiger charge is -2.33. The zero-order valence-corrected chi connectivity index (χ0v) is 12.7. The van der Waals surface area contributed by atoms with Crippen molar-refractivity contribution in [2.75, 3.05) is 45.7 Å². The Bertz CT molecular complexity index is 190. The summed E-state index contributed by atoms with van der Waals surface area (Å²) in [5.74, 6) is 0.832. The molecule has 3 nitrogen and oxygen atoms in total. The molecule has 0 amide bonds. The minimum absolute atomic E-state index is 0.402. The van der Waals surface area contributed by atoms with Crippen molar-refractivity contribution in [3.8, 4) is 0 Å². The lowest BCUT2D eigenvalue weighted by Crippen LogP contribution is -2.46. The Morgan fingerprint density at radius 2 is 2.29 bits per heavy atom. The van der Waals surface area contributed by atoms with Crippen LogP contribution in [0.2, 0.25) is 0 Å². The third-order valence-electron chi connectivity index (χ3n) is 3.15. The van der Waals surface area contributed by atoms with Crippen LogP contribution >= 0.6 is 8.58 Å². The van der Waals surface area contributed by atoms with Crippen molar-refractivity contribution >= 4 is 8.58 Å². The molecular formula is C13H29N2OP. The van der Waals surface area contributed by atoms with E-state index in [4.69, 9.17) is 4.74 Å². The highest BCUT2D eigenvalue weighted by molar-refractivity contribution is 7.36. The average Bonchev–Trinajstić information content (AvgIpc) is 2.29. The van der Waals surface area contributed by atoms with Gasteiger partial charge in [-0.1, -0.05) is 13.8 Å². The first-order valence-electron chi connectivity index (χ1n) is 6.91. The van der Waals surface area contributed by atoms with E-state index in [-0.39, 0.29) is 0 Å². The smallest absolute Gasteiger partial charge is 0.0826 e. The van der Waals surface area contributed by atoms with Gasteiger partial charge in [0.1, 0.15) is 0 Å². The van der Waals surface area contributed by atoms with E-state index in [2.05, 4.69) is 30.7 Å². The van der Waals surface area contributed by atoms with E-state index >= 15 is 0 Å². The van der Waals surface area contributed by atoms with Crippen molar-refractivity contribution in [3.05, 3.63) is 0 Å². The molecule has 0 aromatic heterocycles. The first kappa shape index (κ1) is 15.4. The predicted molar refractivity (Wildman–Crippen MR) is 77.4 cm³/mol. The maximum Gasteiger partial charge on any atom is 0.0826 e. The summed E-state index contributed by atoms with van der Waals surface area (Å²) < 4.78 is 5.78. The van der Waals surface area contributed by atoms with Gasteiger partial charge in [0, 0.05) is 25.9 Å². The van der Waals surface area contributed by atoms with Gasteiger partial charge in [0.05, 0.1) is 12.7 Å². The van der Waals surface area contributed by atoms with Gasteiger partial charge in [0.15, 0.2) is 0 Å². The van der Waals surface area contributed by atoms with Crippen molar-refractivity contribution in [1.82, 2.24) is 10.2 Å². The zero-order chi connectivity index (χ0) is 12.5. The second-order valence-corrected chi connectivity index (χ2v) is 6.37. The highest BCUT2D eigenvalue weighted by atomic mass is 31.1. The number of nitrogens with one attached hydrogen (secondary N) is 1. The number of hydrogen-bond donors (Lipinski definition) is 1. The van der Waals surface area contributed by atoms with E-state index in [1.165, 1.54) is 19.4 Å². The van der Waals surface area contributed by atoms with Gasteiger partial charge < -0.3 is 10.1 Å². The van der Waals surface area contributed by atoms with Crippen molar-refractivity contribution < 1.29 is 4.74 Å². The first-order chi connectivity index (χ1) is 8.22. The van der Waals surface area contributed by atoms with Crippen LogP contribution in [0.5, 0.6) is 0 Å². The molecule has 1 aliphatic heterocycles. The summed E-state index contributed by atoms with van der Waals surface area (Å²) in [7, 11) is 0.990. The second-order valence-electron chi connectivity index (χ2n) is 5.31. The van der Waals surface area contributed by atoms with E-state index in [0.29, 0.717) is 6.10 Å². The topological polar surface area (TPSA) is 24.5 Å². The first-order valence-corrected chi connectivity index (χ1v) is 8.62. The van der Waals surface area contributed by atoms with Crippen LogP contribution < -0.4 is 5.32 Å². The average molecular weight is 260 g/mol. The number of rotatable bonds is 8. The van der Waals surface area contributed by atoms with Crippen molar-refractivity contribution in [1.29, 1.82) is 0 Å². The van der Waals surface area contributed by atoms with Crippen LogP contribution in [0, 0.1) is 5.92 Å². The monoisotopic (exact) mass is 260 g/mol. The molecule has 1 heterocycles. The standard InChI is InChI=1S/C13H29N2OP/c1-12(2)5-4-6-15-7-8-16-13(10-15)9-14-11-17-3/h12-14,17H,4-11H2,1-3H3. The summed E-state index contributed by atoms with van der Waals surface area (Å²) in [4.78, 5) is 2.56. The van der Waals surface area contributed by atoms with Gasteiger partial charge >= 0.3 is 0 Å². The Kier molecular flexibility index (Phi) is 8.38. The van der Waals surface area contributed by atoms with Gasteiger partial charge in [0.25, 0.3) is 0 Å². The molecule has 17 heavy (non-hydrogen) atoms. The van der Waals surface area contributed by atoms with Crippen molar-refractivity contribution in [2.45, 2.75) is 32.8 Å². The molecule has 2 atom stereocenters. The van der Waals surface area contributed by atoms with Gasteiger partial charge in [-0.25, -0.2) is 0 Å². The normalized spacial score (nSPS) is 22.9. The lowest BCUT2D eigenvalue weighted by molar-refractivity contribution is -0.0269. The minimum Gasteiger partial charge on any atom is -0.374 e. The van der Waals surface area contributed by atoms with Gasteiger partial charge in [-0.2, -0.15) is 0 Å². The highest BCUT2D eigenvalue weighted by Gasteiger charge is 2.19. The van der Waals surface area contributed by atoms with E-state index in [1.54, 1.807) is 0 Å². The molecule has 102 valence electrons. The van der Waals surface area contributed by atoms with Crippen LogP contribution in [0.3, 0.4) is 0 Å². The van der Waals surface area contributed by atoms with Gasteiger partial charge in [-0.15, -0.1) is 8.58 Å². The van der Waals surface area contributed by atoms with E-state index < -0.39 is 0 Å². The Balaban J connectivity index is 2.10. The van der Waals surface area contributed by atoms with Crippen LogP contribution in [0.15, 0.2) is 0 Å². The van der Waals surface area contributed by atoms with E-state index in [9.17, 15) is 0 Å². The predicted octanol–water partition coefficient (Wildman–Crippen LogP) is 1.98. The fraction of sp³-hybridized carbons (Fsp3) is 1.00. The molecule has 2 unspecified atom stereocenters. The third-order valence-corrected chi connectivity index (χ3v) is 3.76. The largest absolute Gasteiger partial charge is 0.374 e. The maximum atomic E-state index is 5.78. The summed E-state index contributed by atoms with van der Waals surface area (Å²) in [5.41, 5.74) is 0. The maximum absolute atomic E-state index is 5.78. The van der Waals surface area contributed by atoms with Gasteiger partial charge in [0.2, 0.25) is 0 Å². The van der Waals surface area contributed by atoms with Crippen LogP contribution in [0.4, 0.5) is 0 Å². The molecule has 0 aromatic carbocycles. The molecule has 4 heteroatoms. The number of nitrogens with zero attached hydrogens (tertiary/aromatic N) is 1. The summed E-state index contributed by atoms with van der Waals surface area (Å²) in [6, 6.07) is 0. The van der Waals surface area contributed by atoms with Crippen LogP contribution in [0.25, 0.3) is 0 Å². The Labute approximate surface area is 108 Å². The Morgan fingerprint density at radius 1 is 1.47 bits per heavy atom. The molecule has 1 aliphatic rings. The molecule has 0 aromatic rings. The summed E-state index contributed by atoms with van der Waals surface area (Å²) >= 11 is 0. The zero-order valence-electron chi connectivity index (χ0n) is 11.7. The molecule has 1 rings (SSSR count). The second kappa shape index (κ2) is 9.27. The SMILES string of the molecule is CPCNCC1CN(CCCC(C)C)CCO1. The Hall–Kier alpha value is 0.310. The fourth-order valence-corrected chi connectivity index (χ4v) is 2.58. The quantitative estimate of drug-likeness (QED) is 0.533. The third kappa shape index (κ3) is 7.35. The summed E-state index contributed by atoms with van der Waals surface area (Å²) in [6.45, 7) is 12.2. The van der Waals surface area contributed by atoms with Crippen LogP contribution in [-0.2, 0) is 4.74 Å². The molecule has 0 radical (unpaired) electrons. The molecule has 0 aliphatic carbocycles. The van der Waals surface area contributed by atoms with Crippen LogP contribution in [-0.4, -0.2) is 56.7 Å². The summed E-state index contributed by atoms with van der Waals surface area (Å²) in [5, 5.41) is 3.46. The molecular weight excluding hydrogens is 231 g/mol. The van der Waals surface area contributed by atoms with Crippen molar-refractivity contribution in [3.63, 3.8) is 0 Å². The summed E-state index contributed by atoms with van der Waals surface area (Å²) in [6.07, 6.45) is 4.21. The molecule has 0 bridgehead atoms. The minimum atomic E-state index is 0.402. The Morgan fingerprint density at radius 3 is 3.00 bits per heavy atom. The van der Waals surface area contributed by atoms with Crippen molar-refractivity contribution in [2.24, 2.45) is 5.92 Å². The molecule has 1 fully saturated rings. The molecule has 1 saturated heterocycles. The molecule has 0 saturated carbocycles. The molecule has 1 N–H and O–H groups in total.